The number of aliphatic carboxylic acids is 1. The average Bonchev–Trinajstić information content (AvgIpc) is 2.72. The molecule has 0 saturated carbocycles. The normalized spacial score (nSPS) is 10.5. The molecular weight excluding hydrogens is 256 g/mol. The zero-order valence-corrected chi connectivity index (χ0v) is 9.70. The SMILES string of the molecule is O=C(O)Cc1csc(-c2ncc(Cl)s2)n1. The van der Waals surface area contributed by atoms with Gasteiger partial charge in [-0.05, 0) is 0 Å². The molecule has 0 radical (unpaired) electrons. The summed E-state index contributed by atoms with van der Waals surface area (Å²) < 4.78 is 0.597. The highest BCUT2D eigenvalue weighted by Gasteiger charge is 2.10. The number of carbonyl (C=O) groups is 1. The summed E-state index contributed by atoms with van der Waals surface area (Å²) in [4.78, 5) is 18.7. The molecule has 15 heavy (non-hydrogen) atoms. The van der Waals surface area contributed by atoms with Crippen LogP contribution in [0, 0.1) is 0 Å². The molecule has 0 aliphatic heterocycles. The van der Waals surface area contributed by atoms with Crippen molar-refractivity contribution in [2.24, 2.45) is 0 Å². The van der Waals surface area contributed by atoms with Crippen molar-refractivity contribution in [2.45, 2.75) is 6.42 Å². The summed E-state index contributed by atoms with van der Waals surface area (Å²) in [6, 6.07) is 0. The molecule has 7 heteroatoms. The first-order valence-electron chi connectivity index (χ1n) is 3.93. The molecule has 0 saturated heterocycles. The van der Waals surface area contributed by atoms with E-state index < -0.39 is 5.97 Å². The summed E-state index contributed by atoms with van der Waals surface area (Å²) in [5.41, 5.74) is 0.550. The van der Waals surface area contributed by atoms with Gasteiger partial charge in [0, 0.05) is 5.38 Å². The van der Waals surface area contributed by atoms with Crippen LogP contribution < -0.4 is 0 Å². The summed E-state index contributed by atoms with van der Waals surface area (Å²) in [5.74, 6) is -0.885. The Hall–Kier alpha value is -0.980. The molecule has 78 valence electrons. The van der Waals surface area contributed by atoms with Crippen LogP contribution in [0.25, 0.3) is 10.0 Å². The van der Waals surface area contributed by atoms with Crippen LogP contribution in [-0.2, 0) is 11.2 Å². The van der Waals surface area contributed by atoms with Gasteiger partial charge in [-0.1, -0.05) is 22.9 Å². The molecule has 2 heterocycles. The predicted molar refractivity (Wildman–Crippen MR) is 59.6 cm³/mol. The number of aromatic nitrogens is 2. The van der Waals surface area contributed by atoms with E-state index in [1.165, 1.54) is 22.7 Å². The van der Waals surface area contributed by atoms with Crippen molar-refractivity contribution in [1.29, 1.82) is 0 Å². The Balaban J connectivity index is 2.23. The molecule has 0 fully saturated rings. The van der Waals surface area contributed by atoms with Crippen LogP contribution in [0.2, 0.25) is 4.34 Å². The first-order chi connectivity index (χ1) is 7.15. The number of nitrogens with zero attached hydrogens (tertiary/aromatic N) is 2. The van der Waals surface area contributed by atoms with E-state index in [1.807, 2.05) is 0 Å². The van der Waals surface area contributed by atoms with E-state index in [2.05, 4.69) is 9.97 Å². The average molecular weight is 261 g/mol. The van der Waals surface area contributed by atoms with E-state index in [9.17, 15) is 4.79 Å². The second-order valence-corrected chi connectivity index (χ2v) is 5.20. The highest BCUT2D eigenvalue weighted by molar-refractivity contribution is 7.22. The van der Waals surface area contributed by atoms with Crippen LogP contribution in [-0.4, -0.2) is 21.0 Å². The number of carboxylic acids is 1. The van der Waals surface area contributed by atoms with Gasteiger partial charge in [0.05, 0.1) is 18.3 Å². The molecule has 4 nitrogen and oxygen atoms in total. The van der Waals surface area contributed by atoms with Crippen molar-refractivity contribution in [3.8, 4) is 10.0 Å². The molecule has 2 aromatic heterocycles. The molecular formula is C8H5ClN2O2S2. The lowest BCUT2D eigenvalue weighted by Gasteiger charge is -1.87. The van der Waals surface area contributed by atoms with Crippen LogP contribution in [0.3, 0.4) is 0 Å². The quantitative estimate of drug-likeness (QED) is 0.921. The number of carboxylic acid groups (broad SMARTS) is 1. The van der Waals surface area contributed by atoms with Crippen molar-refractivity contribution in [3.63, 3.8) is 0 Å². The first-order valence-corrected chi connectivity index (χ1v) is 6.00. The number of hydrogen-bond acceptors (Lipinski definition) is 5. The maximum Gasteiger partial charge on any atom is 0.309 e. The Morgan fingerprint density at radius 2 is 2.33 bits per heavy atom. The van der Waals surface area contributed by atoms with Gasteiger partial charge in [0.2, 0.25) is 0 Å². The standard InChI is InChI=1S/C8H5ClN2O2S2/c9-5-2-10-7(15-5)8-11-4(3-14-8)1-6(12)13/h2-3H,1H2,(H,12,13). The van der Waals surface area contributed by atoms with Gasteiger partial charge in [-0.25, -0.2) is 9.97 Å². The summed E-state index contributed by atoms with van der Waals surface area (Å²) in [7, 11) is 0. The smallest absolute Gasteiger partial charge is 0.309 e. The Morgan fingerprint density at radius 3 is 2.93 bits per heavy atom. The predicted octanol–water partition coefficient (Wildman–Crippen LogP) is 2.55. The molecule has 1 N–H and O–H groups in total. The number of hydrogen-bond donors (Lipinski definition) is 1. The Morgan fingerprint density at radius 1 is 1.53 bits per heavy atom. The summed E-state index contributed by atoms with van der Waals surface area (Å²) in [6.07, 6.45) is 1.50. The topological polar surface area (TPSA) is 63.1 Å². The number of halogens is 1. The van der Waals surface area contributed by atoms with Crippen LogP contribution in [0.15, 0.2) is 11.6 Å². The lowest BCUT2D eigenvalue weighted by Crippen LogP contribution is -1.99. The lowest BCUT2D eigenvalue weighted by atomic mass is 10.3. The molecule has 0 amide bonds. The van der Waals surface area contributed by atoms with Gasteiger partial charge in [0.1, 0.15) is 4.34 Å². The first kappa shape index (κ1) is 10.5. The fraction of sp³-hybridized carbons (Fsp3) is 0.125. The number of thiazole rings is 2. The third-order valence-corrected chi connectivity index (χ3v) is 3.69. The summed E-state index contributed by atoms with van der Waals surface area (Å²) in [6.45, 7) is 0. The monoisotopic (exact) mass is 260 g/mol. The van der Waals surface area contributed by atoms with E-state index in [1.54, 1.807) is 11.6 Å². The molecule has 0 aliphatic carbocycles. The molecule has 2 rings (SSSR count). The van der Waals surface area contributed by atoms with Gasteiger partial charge in [0.15, 0.2) is 10.0 Å². The minimum Gasteiger partial charge on any atom is -0.481 e. The van der Waals surface area contributed by atoms with Gasteiger partial charge in [-0.15, -0.1) is 11.3 Å². The molecule has 2 aromatic rings. The second kappa shape index (κ2) is 4.26. The van der Waals surface area contributed by atoms with Crippen molar-refractivity contribution in [1.82, 2.24) is 9.97 Å². The second-order valence-electron chi connectivity index (χ2n) is 2.68. The maximum absolute atomic E-state index is 10.4. The van der Waals surface area contributed by atoms with Crippen LogP contribution >= 0.6 is 34.3 Å². The summed E-state index contributed by atoms with van der Waals surface area (Å²) in [5, 5.41) is 11.7. The third kappa shape index (κ3) is 2.53. The fourth-order valence-corrected chi connectivity index (χ4v) is 2.77. The van der Waals surface area contributed by atoms with Crippen LogP contribution in [0.5, 0.6) is 0 Å². The van der Waals surface area contributed by atoms with Crippen LogP contribution in [0.4, 0.5) is 0 Å². The minimum atomic E-state index is -0.885. The highest BCUT2D eigenvalue weighted by atomic mass is 35.5. The zero-order chi connectivity index (χ0) is 10.8. The van der Waals surface area contributed by atoms with E-state index in [0.29, 0.717) is 15.0 Å². The van der Waals surface area contributed by atoms with Crippen molar-refractivity contribution in [2.75, 3.05) is 0 Å². The van der Waals surface area contributed by atoms with E-state index in [0.717, 1.165) is 5.01 Å². The molecule has 0 atom stereocenters. The largest absolute Gasteiger partial charge is 0.481 e. The van der Waals surface area contributed by atoms with Gasteiger partial charge < -0.3 is 5.11 Å². The van der Waals surface area contributed by atoms with Gasteiger partial charge >= 0.3 is 5.97 Å². The summed E-state index contributed by atoms with van der Waals surface area (Å²) >= 11 is 8.44. The van der Waals surface area contributed by atoms with E-state index in [-0.39, 0.29) is 6.42 Å². The lowest BCUT2D eigenvalue weighted by molar-refractivity contribution is -0.136. The Bertz CT molecular complexity index is 494. The molecule has 0 unspecified atom stereocenters. The van der Waals surface area contributed by atoms with E-state index >= 15 is 0 Å². The maximum atomic E-state index is 10.4. The van der Waals surface area contributed by atoms with Crippen molar-refractivity contribution < 1.29 is 9.90 Å². The number of rotatable bonds is 3. The Labute approximate surface area is 98.2 Å². The fourth-order valence-electron chi connectivity index (χ4n) is 0.995. The minimum absolute atomic E-state index is 0.0599. The zero-order valence-electron chi connectivity index (χ0n) is 7.31. The van der Waals surface area contributed by atoms with Crippen molar-refractivity contribution >= 4 is 40.2 Å². The molecule has 0 spiro atoms. The molecule has 0 aliphatic rings. The van der Waals surface area contributed by atoms with Gasteiger partial charge in [0.25, 0.3) is 0 Å². The molecule has 0 aromatic carbocycles. The van der Waals surface area contributed by atoms with Gasteiger partial charge in [-0.2, -0.15) is 0 Å². The molecule has 0 bridgehead atoms. The van der Waals surface area contributed by atoms with Crippen LogP contribution in [0.1, 0.15) is 5.69 Å². The van der Waals surface area contributed by atoms with E-state index in [4.69, 9.17) is 16.7 Å². The Kier molecular flexibility index (Phi) is 2.99. The van der Waals surface area contributed by atoms with Crippen molar-refractivity contribution in [3.05, 3.63) is 21.6 Å². The highest BCUT2D eigenvalue weighted by Crippen LogP contribution is 2.30. The third-order valence-electron chi connectivity index (χ3n) is 1.54. The van der Waals surface area contributed by atoms with Gasteiger partial charge in [-0.3, -0.25) is 4.79 Å².